The minimum atomic E-state index is -0.366. The molecule has 1 saturated carbocycles. The van der Waals surface area contributed by atoms with Crippen LogP contribution in [0, 0.1) is 6.92 Å². The lowest BCUT2D eigenvalue weighted by Crippen LogP contribution is -2.48. The Morgan fingerprint density at radius 1 is 1.07 bits per heavy atom. The van der Waals surface area contributed by atoms with Crippen molar-refractivity contribution >= 4 is 23.4 Å². The van der Waals surface area contributed by atoms with Gasteiger partial charge in [-0.2, -0.15) is 0 Å². The number of rotatable bonds is 7. The summed E-state index contributed by atoms with van der Waals surface area (Å²) in [5.74, 6) is -0.748. The molecule has 7 heteroatoms. The molecule has 3 rings (SSSR count). The summed E-state index contributed by atoms with van der Waals surface area (Å²) >= 11 is 0. The van der Waals surface area contributed by atoms with Crippen LogP contribution >= 0.6 is 0 Å². The zero-order valence-electron chi connectivity index (χ0n) is 16.6. The van der Waals surface area contributed by atoms with E-state index < -0.39 is 0 Å². The molecule has 0 aliphatic heterocycles. The van der Waals surface area contributed by atoms with Crippen LogP contribution in [0.1, 0.15) is 48.2 Å². The lowest BCUT2D eigenvalue weighted by molar-refractivity contribution is -0.125. The second-order valence-electron chi connectivity index (χ2n) is 7.40. The van der Waals surface area contributed by atoms with Crippen LogP contribution in [-0.2, 0) is 9.59 Å². The van der Waals surface area contributed by atoms with Gasteiger partial charge in [0.15, 0.2) is 5.76 Å². The van der Waals surface area contributed by atoms with Gasteiger partial charge in [-0.1, -0.05) is 31.4 Å². The first-order valence-corrected chi connectivity index (χ1v) is 10.0. The highest BCUT2D eigenvalue weighted by Crippen LogP contribution is 2.24. The molecular weight excluding hydrogens is 370 g/mol. The average Bonchev–Trinajstić information content (AvgIpc) is 3.25. The second-order valence-corrected chi connectivity index (χ2v) is 7.40. The van der Waals surface area contributed by atoms with Crippen molar-refractivity contribution in [2.75, 3.05) is 18.4 Å². The molecule has 3 amide bonds. The van der Waals surface area contributed by atoms with E-state index in [0.29, 0.717) is 5.69 Å². The normalized spacial score (nSPS) is 14.2. The SMILES string of the molecule is Cc1cccc(NC(=O)CNC(=O)CN(C(=O)c2ccco2)C2CCCCC2)c1. The summed E-state index contributed by atoms with van der Waals surface area (Å²) in [6.45, 7) is 1.69. The van der Waals surface area contributed by atoms with Crippen molar-refractivity contribution in [3.63, 3.8) is 0 Å². The molecule has 1 aromatic carbocycles. The number of furan rings is 1. The molecule has 2 N–H and O–H groups in total. The van der Waals surface area contributed by atoms with Gasteiger partial charge in [0, 0.05) is 11.7 Å². The molecule has 1 heterocycles. The summed E-state index contributed by atoms with van der Waals surface area (Å²) in [7, 11) is 0. The lowest BCUT2D eigenvalue weighted by Gasteiger charge is -2.33. The van der Waals surface area contributed by atoms with E-state index in [1.54, 1.807) is 23.1 Å². The number of hydrogen-bond donors (Lipinski definition) is 2. The van der Waals surface area contributed by atoms with E-state index in [9.17, 15) is 14.4 Å². The van der Waals surface area contributed by atoms with Crippen molar-refractivity contribution in [1.82, 2.24) is 10.2 Å². The molecule has 0 saturated heterocycles. The van der Waals surface area contributed by atoms with Crippen LogP contribution in [0.3, 0.4) is 0 Å². The fraction of sp³-hybridized carbons (Fsp3) is 0.409. The van der Waals surface area contributed by atoms with E-state index >= 15 is 0 Å². The maximum absolute atomic E-state index is 12.8. The third kappa shape index (κ3) is 5.94. The van der Waals surface area contributed by atoms with Crippen LogP contribution in [0.5, 0.6) is 0 Å². The van der Waals surface area contributed by atoms with Crippen LogP contribution in [0.4, 0.5) is 5.69 Å². The van der Waals surface area contributed by atoms with Crippen molar-refractivity contribution in [3.8, 4) is 0 Å². The third-order valence-corrected chi connectivity index (χ3v) is 5.07. The van der Waals surface area contributed by atoms with E-state index in [4.69, 9.17) is 4.42 Å². The average molecular weight is 397 g/mol. The highest BCUT2D eigenvalue weighted by atomic mass is 16.3. The highest BCUT2D eigenvalue weighted by molar-refractivity contribution is 5.97. The fourth-order valence-electron chi connectivity index (χ4n) is 3.62. The molecule has 1 aliphatic carbocycles. The molecule has 7 nitrogen and oxygen atoms in total. The molecule has 1 aromatic heterocycles. The van der Waals surface area contributed by atoms with Crippen LogP contribution in [0.15, 0.2) is 47.1 Å². The number of hydrogen-bond acceptors (Lipinski definition) is 4. The van der Waals surface area contributed by atoms with Gasteiger partial charge in [-0.25, -0.2) is 0 Å². The quantitative estimate of drug-likeness (QED) is 0.751. The van der Waals surface area contributed by atoms with Gasteiger partial charge in [0.2, 0.25) is 11.8 Å². The van der Waals surface area contributed by atoms with Gasteiger partial charge in [0.25, 0.3) is 5.91 Å². The molecule has 0 radical (unpaired) electrons. The molecule has 2 aromatic rings. The third-order valence-electron chi connectivity index (χ3n) is 5.07. The number of benzene rings is 1. The lowest BCUT2D eigenvalue weighted by atomic mass is 9.94. The van der Waals surface area contributed by atoms with Crippen LogP contribution in [0.25, 0.3) is 0 Å². The van der Waals surface area contributed by atoms with Gasteiger partial charge in [-0.15, -0.1) is 0 Å². The minimum Gasteiger partial charge on any atom is -0.459 e. The first-order chi connectivity index (χ1) is 14.0. The Bertz CT molecular complexity index is 842. The Hall–Kier alpha value is -3.09. The van der Waals surface area contributed by atoms with Crippen LogP contribution in [-0.4, -0.2) is 41.8 Å². The van der Waals surface area contributed by atoms with Crippen molar-refractivity contribution in [2.45, 2.75) is 45.1 Å². The van der Waals surface area contributed by atoms with E-state index in [1.165, 1.54) is 6.26 Å². The summed E-state index contributed by atoms with van der Waals surface area (Å²) in [6, 6.07) is 10.7. The monoisotopic (exact) mass is 397 g/mol. The van der Waals surface area contributed by atoms with Crippen LogP contribution in [0.2, 0.25) is 0 Å². The molecule has 29 heavy (non-hydrogen) atoms. The summed E-state index contributed by atoms with van der Waals surface area (Å²) in [5, 5.41) is 5.36. The van der Waals surface area contributed by atoms with Gasteiger partial charge < -0.3 is 20.0 Å². The molecular formula is C22H27N3O4. The summed E-state index contributed by atoms with van der Waals surface area (Å²) in [5.41, 5.74) is 1.72. The minimum absolute atomic E-state index is 0.00761. The van der Waals surface area contributed by atoms with Crippen molar-refractivity contribution in [3.05, 3.63) is 54.0 Å². The van der Waals surface area contributed by atoms with Crippen molar-refractivity contribution in [2.24, 2.45) is 0 Å². The standard InChI is InChI=1S/C22H27N3O4/c1-16-7-5-8-17(13-16)24-20(26)14-23-21(27)15-25(18-9-3-2-4-10-18)22(28)19-11-6-12-29-19/h5-8,11-13,18H,2-4,9-10,14-15H2,1H3,(H,23,27)(H,24,26). The Labute approximate surface area is 170 Å². The topological polar surface area (TPSA) is 91.7 Å². The number of aryl methyl sites for hydroxylation is 1. The second kappa shape index (κ2) is 9.91. The highest BCUT2D eigenvalue weighted by Gasteiger charge is 2.29. The number of carbonyl (C=O) groups excluding carboxylic acids is 3. The van der Waals surface area contributed by atoms with Gasteiger partial charge in [0.05, 0.1) is 12.8 Å². The number of nitrogens with zero attached hydrogens (tertiary/aromatic N) is 1. The number of anilines is 1. The molecule has 0 bridgehead atoms. The zero-order valence-corrected chi connectivity index (χ0v) is 16.6. The molecule has 1 aliphatic rings. The molecule has 154 valence electrons. The number of carbonyl (C=O) groups is 3. The Balaban J connectivity index is 1.56. The van der Waals surface area contributed by atoms with E-state index in [0.717, 1.165) is 37.7 Å². The van der Waals surface area contributed by atoms with Crippen LogP contribution < -0.4 is 10.6 Å². The predicted octanol–water partition coefficient (Wildman–Crippen LogP) is 3.12. The molecule has 0 unspecified atom stereocenters. The summed E-state index contributed by atoms with van der Waals surface area (Å²) in [6.07, 6.45) is 6.40. The van der Waals surface area contributed by atoms with E-state index in [-0.39, 0.29) is 42.6 Å². The van der Waals surface area contributed by atoms with Gasteiger partial charge in [-0.05, 0) is 49.6 Å². The molecule has 0 spiro atoms. The van der Waals surface area contributed by atoms with Crippen molar-refractivity contribution < 1.29 is 18.8 Å². The summed E-state index contributed by atoms with van der Waals surface area (Å²) < 4.78 is 5.24. The maximum atomic E-state index is 12.8. The molecule has 0 atom stereocenters. The maximum Gasteiger partial charge on any atom is 0.290 e. The smallest absolute Gasteiger partial charge is 0.290 e. The van der Waals surface area contributed by atoms with Crippen molar-refractivity contribution in [1.29, 1.82) is 0 Å². The molecule has 1 fully saturated rings. The number of amides is 3. The van der Waals surface area contributed by atoms with E-state index in [1.807, 2.05) is 25.1 Å². The number of nitrogens with one attached hydrogen (secondary N) is 2. The van der Waals surface area contributed by atoms with Gasteiger partial charge in [-0.3, -0.25) is 14.4 Å². The zero-order chi connectivity index (χ0) is 20.6. The van der Waals surface area contributed by atoms with Gasteiger partial charge >= 0.3 is 0 Å². The first kappa shape index (κ1) is 20.6. The largest absolute Gasteiger partial charge is 0.459 e. The Kier molecular flexibility index (Phi) is 7.05. The Morgan fingerprint density at radius 2 is 1.86 bits per heavy atom. The summed E-state index contributed by atoms with van der Waals surface area (Å²) in [4.78, 5) is 39.0. The van der Waals surface area contributed by atoms with Gasteiger partial charge in [0.1, 0.15) is 6.54 Å². The Morgan fingerprint density at radius 3 is 2.55 bits per heavy atom. The predicted molar refractivity (Wildman–Crippen MR) is 109 cm³/mol. The first-order valence-electron chi connectivity index (χ1n) is 10.0. The van der Waals surface area contributed by atoms with E-state index in [2.05, 4.69) is 10.6 Å². The fourth-order valence-corrected chi connectivity index (χ4v) is 3.62.